The summed E-state index contributed by atoms with van der Waals surface area (Å²) in [4.78, 5) is 24.0. The summed E-state index contributed by atoms with van der Waals surface area (Å²) in [5.74, 6) is -0.207. The second-order valence-corrected chi connectivity index (χ2v) is 14.4. The summed E-state index contributed by atoms with van der Waals surface area (Å²) in [6.07, 6.45) is 1.05. The van der Waals surface area contributed by atoms with Crippen LogP contribution >= 0.6 is 0 Å². The molecule has 1 aliphatic rings. The topological polar surface area (TPSA) is 52.6 Å². The van der Waals surface area contributed by atoms with Gasteiger partial charge in [-0.15, -0.1) is 0 Å². The van der Waals surface area contributed by atoms with Crippen LogP contribution in [0.1, 0.15) is 75.7 Å². The molecule has 0 radical (unpaired) electrons. The molecule has 1 saturated heterocycles. The number of Topliss-reactive ketones (excluding diaryl/α,β-unsaturated/α-hetero) is 1. The van der Waals surface area contributed by atoms with E-state index in [0.717, 1.165) is 6.29 Å². The molecule has 0 aromatic heterocycles. The third-order valence-corrected chi connectivity index (χ3v) is 10.9. The highest BCUT2D eigenvalue weighted by atomic mass is 28.4. The van der Waals surface area contributed by atoms with Gasteiger partial charge in [-0.2, -0.15) is 0 Å². The molecule has 0 aliphatic carbocycles. The molecule has 1 aliphatic heterocycles. The lowest BCUT2D eigenvalue weighted by atomic mass is 9.82. The molecule has 0 aromatic carbocycles. The van der Waals surface area contributed by atoms with E-state index in [0.29, 0.717) is 6.42 Å². The van der Waals surface area contributed by atoms with E-state index in [-0.39, 0.29) is 45.8 Å². The number of hydrogen-bond acceptors (Lipinski definition) is 4. The summed E-state index contributed by atoms with van der Waals surface area (Å²) in [5.41, 5.74) is 0. The fourth-order valence-electron chi connectivity index (χ4n) is 4.37. The number of ketones is 1. The summed E-state index contributed by atoms with van der Waals surface area (Å²) >= 11 is 0. The molecule has 0 saturated carbocycles. The molecule has 0 amide bonds. The van der Waals surface area contributed by atoms with Gasteiger partial charge in [-0.05, 0) is 0 Å². The zero-order valence-electron chi connectivity index (χ0n) is 17.8. The molecule has 0 spiro atoms. The standard InChI is InChI=1S/C20H38O4Si/c1-11-16(22)14(3)18-15(4)17(13(2)12-21)23-25(24-18,19(5,6)7)20(8,9)10/h12-15,17-18H,11H2,1-10H3/t13-,14-,15-,17-,18+/m1/s1. The van der Waals surface area contributed by atoms with Crippen LogP contribution in [0.4, 0.5) is 0 Å². The molecule has 25 heavy (non-hydrogen) atoms. The second-order valence-electron chi connectivity index (χ2n) is 9.74. The number of hydrogen-bond donors (Lipinski definition) is 0. The Morgan fingerprint density at radius 2 is 1.48 bits per heavy atom. The first kappa shape index (κ1) is 22.5. The van der Waals surface area contributed by atoms with E-state index in [2.05, 4.69) is 48.5 Å². The quantitative estimate of drug-likeness (QED) is 0.510. The van der Waals surface area contributed by atoms with Crippen LogP contribution in [0.3, 0.4) is 0 Å². The largest absolute Gasteiger partial charge is 0.389 e. The zero-order chi connectivity index (χ0) is 19.8. The average molecular weight is 371 g/mol. The van der Waals surface area contributed by atoms with Crippen LogP contribution in [0.5, 0.6) is 0 Å². The molecule has 146 valence electrons. The van der Waals surface area contributed by atoms with Gasteiger partial charge in [0.25, 0.3) is 0 Å². The number of carbonyl (C=O) groups is 2. The second kappa shape index (κ2) is 7.61. The minimum Gasteiger partial charge on any atom is -0.389 e. The van der Waals surface area contributed by atoms with Crippen LogP contribution in [-0.2, 0) is 18.4 Å². The molecule has 5 heteroatoms. The highest BCUT2D eigenvalue weighted by Gasteiger charge is 2.64. The summed E-state index contributed by atoms with van der Waals surface area (Å²) in [5, 5.41) is -0.362. The van der Waals surface area contributed by atoms with Crippen LogP contribution in [0.15, 0.2) is 0 Å². The molecule has 4 nitrogen and oxygen atoms in total. The van der Waals surface area contributed by atoms with Gasteiger partial charge in [0.1, 0.15) is 12.1 Å². The molecule has 1 rings (SSSR count). The van der Waals surface area contributed by atoms with Gasteiger partial charge in [0.2, 0.25) is 0 Å². The maximum Gasteiger partial charge on any atom is 0.349 e. The third-order valence-electron chi connectivity index (χ3n) is 5.70. The molecule has 0 N–H and O–H groups in total. The van der Waals surface area contributed by atoms with Gasteiger partial charge < -0.3 is 13.6 Å². The Balaban J connectivity index is 3.50. The van der Waals surface area contributed by atoms with Crippen molar-refractivity contribution in [2.75, 3.05) is 0 Å². The van der Waals surface area contributed by atoms with E-state index in [9.17, 15) is 9.59 Å². The lowest BCUT2D eigenvalue weighted by Crippen LogP contribution is -2.68. The van der Waals surface area contributed by atoms with Gasteiger partial charge in [-0.1, -0.05) is 69.2 Å². The van der Waals surface area contributed by atoms with E-state index < -0.39 is 8.56 Å². The van der Waals surface area contributed by atoms with E-state index in [1.807, 2.05) is 20.8 Å². The van der Waals surface area contributed by atoms with Gasteiger partial charge in [-0.25, -0.2) is 0 Å². The Hall–Kier alpha value is -0.523. The Morgan fingerprint density at radius 1 is 1.04 bits per heavy atom. The van der Waals surface area contributed by atoms with E-state index in [1.54, 1.807) is 0 Å². The van der Waals surface area contributed by atoms with Crippen LogP contribution in [0.25, 0.3) is 0 Å². The van der Waals surface area contributed by atoms with E-state index in [1.165, 1.54) is 0 Å². The Kier molecular flexibility index (Phi) is 6.86. The lowest BCUT2D eigenvalue weighted by Gasteiger charge is -2.58. The lowest BCUT2D eigenvalue weighted by molar-refractivity contribution is -0.138. The molecular formula is C20H38O4Si. The molecule has 1 fully saturated rings. The van der Waals surface area contributed by atoms with Crippen molar-refractivity contribution in [1.29, 1.82) is 0 Å². The molecular weight excluding hydrogens is 332 g/mol. The van der Waals surface area contributed by atoms with Gasteiger partial charge >= 0.3 is 8.56 Å². The van der Waals surface area contributed by atoms with Crippen molar-refractivity contribution in [2.45, 2.75) is 97.9 Å². The fraction of sp³-hybridized carbons (Fsp3) is 0.900. The molecule has 0 aromatic rings. The number of aldehydes is 1. The number of carbonyl (C=O) groups excluding carboxylic acids is 2. The van der Waals surface area contributed by atoms with E-state index in [4.69, 9.17) is 8.85 Å². The van der Waals surface area contributed by atoms with Crippen LogP contribution in [0, 0.1) is 17.8 Å². The first-order valence-electron chi connectivity index (χ1n) is 9.57. The van der Waals surface area contributed by atoms with Gasteiger partial charge in [0.05, 0.1) is 12.2 Å². The SMILES string of the molecule is CCC(=O)[C@@H](C)[C@@H]1O[Si](C(C)(C)C)(C(C)(C)C)O[C@H]([C@H](C)C=O)[C@H]1C. The van der Waals surface area contributed by atoms with Gasteiger partial charge in [0, 0.05) is 34.3 Å². The minimum atomic E-state index is -2.77. The number of rotatable bonds is 5. The van der Waals surface area contributed by atoms with Gasteiger partial charge in [-0.3, -0.25) is 4.79 Å². The minimum absolute atomic E-state index is 0.00368. The first-order valence-corrected chi connectivity index (χ1v) is 11.4. The molecule has 5 atom stereocenters. The summed E-state index contributed by atoms with van der Waals surface area (Å²) in [6.45, 7) is 20.8. The summed E-state index contributed by atoms with van der Waals surface area (Å²) in [7, 11) is -2.77. The molecule has 0 bridgehead atoms. The predicted octanol–water partition coefficient (Wildman–Crippen LogP) is 4.90. The van der Waals surface area contributed by atoms with Crippen molar-refractivity contribution in [3.63, 3.8) is 0 Å². The van der Waals surface area contributed by atoms with Crippen molar-refractivity contribution in [3.05, 3.63) is 0 Å². The summed E-state index contributed by atoms with van der Waals surface area (Å²) in [6, 6.07) is 0. The monoisotopic (exact) mass is 370 g/mol. The third kappa shape index (κ3) is 4.09. The highest BCUT2D eigenvalue weighted by Crippen LogP contribution is 2.56. The van der Waals surface area contributed by atoms with E-state index >= 15 is 0 Å². The molecule has 0 unspecified atom stereocenters. The van der Waals surface area contributed by atoms with Crippen molar-refractivity contribution in [1.82, 2.24) is 0 Å². The normalized spacial score (nSPS) is 29.8. The smallest absolute Gasteiger partial charge is 0.349 e. The summed E-state index contributed by atoms with van der Waals surface area (Å²) < 4.78 is 13.5. The zero-order valence-corrected chi connectivity index (χ0v) is 18.8. The van der Waals surface area contributed by atoms with Crippen LogP contribution in [-0.4, -0.2) is 32.8 Å². The Bertz CT molecular complexity index is 475. The highest BCUT2D eigenvalue weighted by molar-refractivity contribution is 6.73. The van der Waals surface area contributed by atoms with Crippen molar-refractivity contribution in [3.8, 4) is 0 Å². The Labute approximate surface area is 155 Å². The first-order chi connectivity index (χ1) is 11.2. The van der Waals surface area contributed by atoms with Crippen molar-refractivity contribution < 1.29 is 18.4 Å². The maximum atomic E-state index is 12.4. The fourth-order valence-corrected chi connectivity index (χ4v) is 9.71. The Morgan fingerprint density at radius 3 is 1.84 bits per heavy atom. The maximum absolute atomic E-state index is 12.4. The average Bonchev–Trinajstić information content (AvgIpc) is 2.50. The van der Waals surface area contributed by atoms with Crippen LogP contribution in [0.2, 0.25) is 10.1 Å². The van der Waals surface area contributed by atoms with Crippen molar-refractivity contribution in [2.24, 2.45) is 17.8 Å². The van der Waals surface area contributed by atoms with Gasteiger partial charge in [0.15, 0.2) is 0 Å². The van der Waals surface area contributed by atoms with Crippen molar-refractivity contribution >= 4 is 20.6 Å². The molecule has 1 heterocycles. The van der Waals surface area contributed by atoms with Crippen LogP contribution < -0.4 is 0 Å². The predicted molar refractivity (Wildman–Crippen MR) is 104 cm³/mol.